The average Bonchev–Trinajstić information content (AvgIpc) is 2.88. The molecule has 0 bridgehead atoms. The Morgan fingerprint density at radius 1 is 1.20 bits per heavy atom. The van der Waals surface area contributed by atoms with Gasteiger partial charge in [0.05, 0.1) is 0 Å². The Hall–Kier alpha value is -1.37. The number of unbranched alkanes of at least 4 members (excludes halogenated alkanes) is 2. The van der Waals surface area contributed by atoms with Crippen LogP contribution in [-0.2, 0) is 0 Å². The number of hydrogen-bond acceptors (Lipinski definition) is 4. The molecule has 1 aromatic carbocycles. The van der Waals surface area contributed by atoms with Gasteiger partial charge in [0, 0.05) is 32.2 Å². The highest BCUT2D eigenvalue weighted by molar-refractivity contribution is 5.85. The molecule has 3 rings (SSSR count). The van der Waals surface area contributed by atoms with E-state index in [4.69, 9.17) is 0 Å². The highest BCUT2D eigenvalue weighted by Crippen LogP contribution is 2.43. The summed E-state index contributed by atoms with van der Waals surface area (Å²) in [5.41, 5.74) is 1.01. The van der Waals surface area contributed by atoms with Crippen molar-refractivity contribution in [1.82, 2.24) is 10.2 Å². The molecule has 0 amide bonds. The second-order valence-corrected chi connectivity index (χ2v) is 6.25. The summed E-state index contributed by atoms with van der Waals surface area (Å²) in [4.78, 5) is 2.42. The van der Waals surface area contributed by atoms with Crippen LogP contribution in [0.1, 0.15) is 37.3 Å². The Labute approximate surface area is 153 Å². The van der Waals surface area contributed by atoms with Gasteiger partial charge in [-0.3, -0.25) is 4.90 Å². The lowest BCUT2D eigenvalue weighted by molar-refractivity contribution is -0.286. The van der Waals surface area contributed by atoms with E-state index in [0.29, 0.717) is 0 Å². The third-order valence-corrected chi connectivity index (χ3v) is 4.54. The molecular weight excluding hydrogens is 350 g/mol. The van der Waals surface area contributed by atoms with E-state index < -0.39 is 6.29 Å². The van der Waals surface area contributed by atoms with Crippen LogP contribution in [0.2, 0.25) is 0 Å². The van der Waals surface area contributed by atoms with Gasteiger partial charge in [-0.25, -0.2) is 0 Å². The molecule has 0 radical (unpaired) electrons. The molecule has 1 N–H and O–H groups in total. The van der Waals surface area contributed by atoms with Gasteiger partial charge in [0.15, 0.2) is 11.5 Å². The van der Waals surface area contributed by atoms with E-state index in [9.17, 15) is 8.78 Å². The van der Waals surface area contributed by atoms with Crippen molar-refractivity contribution in [3.05, 3.63) is 36.4 Å². The number of rotatable bonds is 7. The molecule has 0 saturated carbocycles. The Balaban J connectivity index is 0.00000225. The van der Waals surface area contributed by atoms with Gasteiger partial charge >= 0.3 is 6.29 Å². The minimum atomic E-state index is -3.56. The SMILES string of the molecule is C=CCCCC[C@H](c1ccc2c(c1)OC(F)(F)O2)N1CCNCC1.Cl. The number of alkyl halides is 2. The summed E-state index contributed by atoms with van der Waals surface area (Å²) in [6.07, 6.45) is 2.53. The second kappa shape index (κ2) is 8.83. The lowest BCUT2D eigenvalue weighted by Crippen LogP contribution is -2.45. The number of halogens is 3. The topological polar surface area (TPSA) is 33.7 Å². The van der Waals surface area contributed by atoms with Crippen LogP contribution in [0.4, 0.5) is 8.78 Å². The van der Waals surface area contributed by atoms with E-state index in [-0.39, 0.29) is 29.9 Å². The van der Waals surface area contributed by atoms with Gasteiger partial charge in [-0.2, -0.15) is 0 Å². The van der Waals surface area contributed by atoms with E-state index in [1.807, 2.05) is 12.1 Å². The number of fused-ring (bicyclic) bond motifs is 1. The van der Waals surface area contributed by atoms with Crippen molar-refractivity contribution in [3.63, 3.8) is 0 Å². The molecule has 1 atom stereocenters. The normalized spacial score (nSPS) is 19.9. The first-order valence-electron chi connectivity index (χ1n) is 8.54. The van der Waals surface area contributed by atoms with E-state index in [2.05, 4.69) is 26.3 Å². The number of allylic oxidation sites excluding steroid dienone is 1. The molecule has 4 nitrogen and oxygen atoms in total. The van der Waals surface area contributed by atoms with Crippen LogP contribution >= 0.6 is 12.4 Å². The van der Waals surface area contributed by atoms with E-state index in [0.717, 1.165) is 57.4 Å². The number of piperazine rings is 1. The minimum absolute atomic E-state index is 0. The number of hydrogen-bond donors (Lipinski definition) is 1. The summed E-state index contributed by atoms with van der Waals surface area (Å²) < 4.78 is 35.6. The van der Waals surface area contributed by atoms with E-state index >= 15 is 0 Å². The number of benzene rings is 1. The number of ether oxygens (including phenoxy) is 2. The summed E-state index contributed by atoms with van der Waals surface area (Å²) >= 11 is 0. The zero-order chi connectivity index (χ0) is 17.0. The van der Waals surface area contributed by atoms with Gasteiger partial charge in [0.1, 0.15) is 0 Å². The van der Waals surface area contributed by atoms with Crippen LogP contribution in [0.3, 0.4) is 0 Å². The second-order valence-electron chi connectivity index (χ2n) is 6.25. The molecule has 0 unspecified atom stereocenters. The zero-order valence-corrected chi connectivity index (χ0v) is 15.0. The summed E-state index contributed by atoms with van der Waals surface area (Å²) in [6, 6.07) is 5.38. The van der Waals surface area contributed by atoms with E-state index in [1.54, 1.807) is 12.1 Å². The fraction of sp³-hybridized carbons (Fsp3) is 0.556. The Bertz CT molecular complexity index is 580. The van der Waals surface area contributed by atoms with Crippen LogP contribution in [0.5, 0.6) is 11.5 Å². The summed E-state index contributed by atoms with van der Waals surface area (Å²) in [6.45, 7) is 7.57. The highest BCUT2D eigenvalue weighted by Gasteiger charge is 2.43. The van der Waals surface area contributed by atoms with Crippen molar-refractivity contribution in [2.75, 3.05) is 26.2 Å². The molecule has 1 saturated heterocycles. The predicted octanol–water partition coefficient (Wildman–Crippen LogP) is 4.12. The maximum absolute atomic E-state index is 13.2. The monoisotopic (exact) mass is 374 g/mol. The Kier molecular flexibility index (Phi) is 7.04. The number of nitrogens with zero attached hydrogens (tertiary/aromatic N) is 1. The van der Waals surface area contributed by atoms with Crippen LogP contribution in [-0.4, -0.2) is 37.4 Å². The Morgan fingerprint density at radius 3 is 2.64 bits per heavy atom. The Morgan fingerprint density at radius 2 is 1.92 bits per heavy atom. The molecule has 140 valence electrons. The maximum atomic E-state index is 13.2. The van der Waals surface area contributed by atoms with Crippen LogP contribution in [0, 0.1) is 0 Å². The average molecular weight is 375 g/mol. The lowest BCUT2D eigenvalue weighted by atomic mass is 9.97. The van der Waals surface area contributed by atoms with Crippen LogP contribution in [0.25, 0.3) is 0 Å². The smallest absolute Gasteiger partial charge is 0.395 e. The molecule has 1 fully saturated rings. The lowest BCUT2D eigenvalue weighted by Gasteiger charge is -2.35. The van der Waals surface area contributed by atoms with E-state index in [1.165, 1.54) is 0 Å². The molecule has 25 heavy (non-hydrogen) atoms. The van der Waals surface area contributed by atoms with Gasteiger partial charge in [-0.1, -0.05) is 18.6 Å². The minimum Gasteiger partial charge on any atom is -0.395 e. The van der Waals surface area contributed by atoms with Crippen molar-refractivity contribution >= 4 is 12.4 Å². The van der Waals surface area contributed by atoms with Gasteiger partial charge in [0.2, 0.25) is 0 Å². The molecule has 7 heteroatoms. The van der Waals surface area contributed by atoms with Gasteiger partial charge in [-0.05, 0) is 37.0 Å². The standard InChI is InChI=1S/C18H24F2N2O2.ClH/c1-2-3-4-5-6-15(22-11-9-21-10-12-22)14-7-8-16-17(13-14)24-18(19,20)23-16;/h2,7-8,13,15,21H,1,3-6,9-12H2;1H/t15-;/m1./s1. The fourth-order valence-corrected chi connectivity index (χ4v) is 3.35. The largest absolute Gasteiger partial charge is 0.586 e. The third kappa shape index (κ3) is 5.06. The van der Waals surface area contributed by atoms with Crippen LogP contribution < -0.4 is 14.8 Å². The fourth-order valence-electron chi connectivity index (χ4n) is 3.35. The van der Waals surface area contributed by atoms with Crippen molar-refractivity contribution in [3.8, 4) is 11.5 Å². The van der Waals surface area contributed by atoms with Crippen molar-refractivity contribution in [2.24, 2.45) is 0 Å². The van der Waals surface area contributed by atoms with Crippen molar-refractivity contribution < 1.29 is 18.3 Å². The summed E-state index contributed by atoms with van der Waals surface area (Å²) in [5, 5.41) is 3.35. The maximum Gasteiger partial charge on any atom is 0.586 e. The third-order valence-electron chi connectivity index (χ3n) is 4.54. The first-order valence-corrected chi connectivity index (χ1v) is 8.54. The molecule has 0 aliphatic carbocycles. The zero-order valence-electron chi connectivity index (χ0n) is 14.2. The highest BCUT2D eigenvalue weighted by atomic mass is 35.5. The van der Waals surface area contributed by atoms with Gasteiger partial charge in [0.25, 0.3) is 0 Å². The molecule has 0 spiro atoms. The predicted molar refractivity (Wildman–Crippen MR) is 95.7 cm³/mol. The first-order chi connectivity index (χ1) is 11.6. The van der Waals surface area contributed by atoms with Crippen LogP contribution in [0.15, 0.2) is 30.9 Å². The molecule has 2 aliphatic rings. The first kappa shape index (κ1) is 19.9. The quantitative estimate of drug-likeness (QED) is 0.575. The van der Waals surface area contributed by atoms with Gasteiger partial charge in [-0.15, -0.1) is 27.8 Å². The molecule has 0 aromatic heterocycles. The molecule has 1 aromatic rings. The molecule has 2 aliphatic heterocycles. The summed E-state index contributed by atoms with van der Waals surface area (Å²) in [7, 11) is 0. The van der Waals surface area contributed by atoms with Crippen molar-refractivity contribution in [2.45, 2.75) is 38.0 Å². The summed E-state index contributed by atoms with van der Waals surface area (Å²) in [5.74, 6) is 0.234. The van der Waals surface area contributed by atoms with Crippen molar-refractivity contribution in [1.29, 1.82) is 0 Å². The number of nitrogens with one attached hydrogen (secondary N) is 1. The van der Waals surface area contributed by atoms with Gasteiger partial charge < -0.3 is 14.8 Å². The molecule has 2 heterocycles. The molecular formula is C18H25ClF2N2O2.